The van der Waals surface area contributed by atoms with E-state index >= 15 is 0 Å². The van der Waals surface area contributed by atoms with Crippen LogP contribution in [-0.2, 0) is 0 Å². The molecule has 0 bridgehead atoms. The van der Waals surface area contributed by atoms with Gasteiger partial charge in [-0.15, -0.1) is 0 Å². The van der Waals surface area contributed by atoms with Crippen molar-refractivity contribution >= 4 is 16.8 Å². The Morgan fingerprint density at radius 3 is 2.50 bits per heavy atom. The van der Waals surface area contributed by atoms with E-state index in [0.29, 0.717) is 0 Å². The number of fused-ring (bicyclic) bond motifs is 1. The Hall–Kier alpha value is -1.56. The van der Waals surface area contributed by atoms with E-state index in [2.05, 4.69) is 50.8 Å². The van der Waals surface area contributed by atoms with E-state index in [4.69, 9.17) is 0 Å². The topological polar surface area (TPSA) is 0 Å². The van der Waals surface area contributed by atoms with Crippen LogP contribution >= 0.6 is 0 Å². The minimum Gasteiger partial charge on any atom is -0.0984 e. The molecule has 0 atom stereocenters. The molecule has 0 spiro atoms. The highest BCUT2D eigenvalue weighted by molar-refractivity contribution is 5.93. The third-order valence-electron chi connectivity index (χ3n) is 2.86. The molecule has 0 aliphatic carbocycles. The van der Waals surface area contributed by atoms with Crippen molar-refractivity contribution in [3.63, 3.8) is 0 Å². The molecule has 0 amide bonds. The first-order valence-corrected chi connectivity index (χ1v) is 4.85. The molecular formula is C14H14. The van der Waals surface area contributed by atoms with Crippen molar-refractivity contribution < 1.29 is 0 Å². The molecule has 14 heavy (non-hydrogen) atoms. The van der Waals surface area contributed by atoms with Crippen LogP contribution in [0.5, 0.6) is 0 Å². The lowest BCUT2D eigenvalue weighted by molar-refractivity contribution is 1.38. The van der Waals surface area contributed by atoms with Crippen molar-refractivity contribution in [3.8, 4) is 0 Å². The summed E-state index contributed by atoms with van der Waals surface area (Å²) in [6, 6.07) is 10.7. The zero-order chi connectivity index (χ0) is 10.1. The second-order valence-corrected chi connectivity index (χ2v) is 3.65. The molecule has 70 valence electrons. The van der Waals surface area contributed by atoms with Crippen LogP contribution in [0.15, 0.2) is 36.9 Å². The molecule has 0 saturated heterocycles. The fourth-order valence-electron chi connectivity index (χ4n) is 1.82. The molecule has 0 radical (unpaired) electrons. The lowest BCUT2D eigenvalue weighted by Gasteiger charge is -2.07. The third kappa shape index (κ3) is 1.24. The first-order chi connectivity index (χ1) is 6.74. The van der Waals surface area contributed by atoms with Crippen molar-refractivity contribution in [2.24, 2.45) is 0 Å². The first kappa shape index (κ1) is 9.01. The van der Waals surface area contributed by atoms with Gasteiger partial charge in [0.05, 0.1) is 0 Å². The average molecular weight is 182 g/mol. The monoisotopic (exact) mass is 182 g/mol. The Morgan fingerprint density at radius 2 is 1.79 bits per heavy atom. The average Bonchev–Trinajstić information content (AvgIpc) is 2.23. The molecule has 0 N–H and O–H groups in total. The molecule has 2 aromatic rings. The Kier molecular flexibility index (Phi) is 2.12. The summed E-state index contributed by atoms with van der Waals surface area (Å²) in [5.74, 6) is 0. The van der Waals surface area contributed by atoms with Crippen molar-refractivity contribution in [2.75, 3.05) is 0 Å². The highest BCUT2D eigenvalue weighted by atomic mass is 14.1. The van der Waals surface area contributed by atoms with Gasteiger partial charge in [0, 0.05) is 0 Å². The molecular weight excluding hydrogens is 168 g/mol. The molecule has 0 aliphatic rings. The molecule has 2 aromatic carbocycles. The second kappa shape index (κ2) is 3.30. The Labute approximate surface area is 84.9 Å². The first-order valence-electron chi connectivity index (χ1n) is 4.85. The molecule has 0 nitrogen and oxygen atoms in total. The fraction of sp³-hybridized carbons (Fsp3) is 0.143. The predicted octanol–water partition coefficient (Wildman–Crippen LogP) is 4.10. The van der Waals surface area contributed by atoms with E-state index in [1.807, 2.05) is 6.08 Å². The van der Waals surface area contributed by atoms with Crippen molar-refractivity contribution in [2.45, 2.75) is 13.8 Å². The summed E-state index contributed by atoms with van der Waals surface area (Å²) < 4.78 is 0. The van der Waals surface area contributed by atoms with E-state index in [0.717, 1.165) is 0 Å². The maximum atomic E-state index is 3.83. The summed E-state index contributed by atoms with van der Waals surface area (Å²) in [6.45, 7) is 8.15. The summed E-state index contributed by atoms with van der Waals surface area (Å²) in [7, 11) is 0. The normalized spacial score (nSPS) is 10.4. The van der Waals surface area contributed by atoms with Gasteiger partial charge in [-0.1, -0.05) is 43.0 Å². The number of aryl methyl sites for hydroxylation is 2. The van der Waals surface area contributed by atoms with Gasteiger partial charge in [0.2, 0.25) is 0 Å². The lowest BCUT2D eigenvalue weighted by atomic mass is 9.97. The van der Waals surface area contributed by atoms with E-state index in [9.17, 15) is 0 Å². The Bertz CT molecular complexity index is 493. The van der Waals surface area contributed by atoms with Gasteiger partial charge >= 0.3 is 0 Å². The fourth-order valence-corrected chi connectivity index (χ4v) is 1.82. The van der Waals surface area contributed by atoms with E-state index in [1.54, 1.807) is 0 Å². The summed E-state index contributed by atoms with van der Waals surface area (Å²) >= 11 is 0. The van der Waals surface area contributed by atoms with Gasteiger partial charge in [-0.2, -0.15) is 0 Å². The largest absolute Gasteiger partial charge is 0.0984 e. The minimum atomic E-state index is 1.21. The van der Waals surface area contributed by atoms with Crippen LogP contribution in [0.4, 0.5) is 0 Å². The summed E-state index contributed by atoms with van der Waals surface area (Å²) in [4.78, 5) is 0. The second-order valence-electron chi connectivity index (χ2n) is 3.65. The van der Waals surface area contributed by atoms with Gasteiger partial charge in [0.25, 0.3) is 0 Å². The molecule has 0 fully saturated rings. The van der Waals surface area contributed by atoms with E-state index in [1.165, 1.54) is 27.5 Å². The SMILES string of the molecule is C=Cc1cccc2c(C)c(C)ccc12. The van der Waals surface area contributed by atoms with Gasteiger partial charge in [-0.25, -0.2) is 0 Å². The van der Waals surface area contributed by atoms with Gasteiger partial charge in [0.15, 0.2) is 0 Å². The number of hydrogen-bond donors (Lipinski definition) is 0. The summed E-state index contributed by atoms with van der Waals surface area (Å²) in [6.07, 6.45) is 1.91. The van der Waals surface area contributed by atoms with Gasteiger partial charge in [0.1, 0.15) is 0 Å². The maximum Gasteiger partial charge on any atom is -0.0109 e. The van der Waals surface area contributed by atoms with Crippen molar-refractivity contribution in [1.29, 1.82) is 0 Å². The van der Waals surface area contributed by atoms with Gasteiger partial charge in [-0.05, 0) is 41.3 Å². The van der Waals surface area contributed by atoms with Gasteiger partial charge in [-0.3, -0.25) is 0 Å². The Balaban J connectivity index is 2.92. The zero-order valence-corrected chi connectivity index (χ0v) is 8.67. The van der Waals surface area contributed by atoms with E-state index in [-0.39, 0.29) is 0 Å². The van der Waals surface area contributed by atoms with Crippen LogP contribution in [0, 0.1) is 13.8 Å². The van der Waals surface area contributed by atoms with E-state index < -0.39 is 0 Å². The Morgan fingerprint density at radius 1 is 1.00 bits per heavy atom. The minimum absolute atomic E-state index is 1.21. The van der Waals surface area contributed by atoms with Crippen molar-refractivity contribution in [3.05, 3.63) is 53.6 Å². The number of hydrogen-bond acceptors (Lipinski definition) is 0. The van der Waals surface area contributed by atoms with Crippen LogP contribution in [0.1, 0.15) is 16.7 Å². The molecule has 0 heteroatoms. The molecule has 2 rings (SSSR count). The molecule has 0 unspecified atom stereocenters. The quantitative estimate of drug-likeness (QED) is 0.623. The van der Waals surface area contributed by atoms with Crippen LogP contribution in [-0.4, -0.2) is 0 Å². The van der Waals surface area contributed by atoms with Crippen LogP contribution in [0.3, 0.4) is 0 Å². The van der Waals surface area contributed by atoms with Crippen LogP contribution in [0.25, 0.3) is 16.8 Å². The standard InChI is InChI=1S/C14H14/c1-4-12-6-5-7-13-11(3)10(2)8-9-14(12)13/h4-9H,1H2,2-3H3. The molecule has 0 aliphatic heterocycles. The maximum absolute atomic E-state index is 3.83. The van der Waals surface area contributed by atoms with Crippen LogP contribution < -0.4 is 0 Å². The lowest BCUT2D eigenvalue weighted by Crippen LogP contribution is -1.85. The van der Waals surface area contributed by atoms with Gasteiger partial charge < -0.3 is 0 Å². The summed E-state index contributed by atoms with van der Waals surface area (Å²) in [5.41, 5.74) is 3.93. The molecule has 0 aromatic heterocycles. The van der Waals surface area contributed by atoms with Crippen molar-refractivity contribution in [1.82, 2.24) is 0 Å². The number of benzene rings is 2. The predicted molar refractivity (Wildman–Crippen MR) is 63.5 cm³/mol. The summed E-state index contributed by atoms with van der Waals surface area (Å²) in [5, 5.41) is 2.63. The zero-order valence-electron chi connectivity index (χ0n) is 8.67. The molecule has 0 saturated carbocycles. The van der Waals surface area contributed by atoms with Crippen LogP contribution in [0.2, 0.25) is 0 Å². The molecule has 0 heterocycles. The highest BCUT2D eigenvalue weighted by Gasteiger charge is 2.01. The highest BCUT2D eigenvalue weighted by Crippen LogP contribution is 2.24. The smallest absolute Gasteiger partial charge is 0.0109 e. The third-order valence-corrected chi connectivity index (χ3v) is 2.86. The number of rotatable bonds is 1.